The van der Waals surface area contributed by atoms with Crippen LogP contribution in [0.1, 0.15) is 15.9 Å². The molecule has 1 aromatic heterocycles. The van der Waals surface area contributed by atoms with Crippen LogP contribution in [0.4, 0.5) is 10.8 Å². The normalized spacial score (nSPS) is 14.0. The van der Waals surface area contributed by atoms with E-state index in [1.54, 1.807) is 67.0 Å². The minimum absolute atomic E-state index is 0. The molecular formula is C28H31Cl2N5O4S2. The van der Waals surface area contributed by atoms with Gasteiger partial charge in [0.15, 0.2) is 10.9 Å². The van der Waals surface area contributed by atoms with Crippen LogP contribution < -0.4 is 19.7 Å². The number of carbonyl (C=O) groups is 1. The smallest absolute Gasteiger partial charge is 0.261 e. The highest BCUT2D eigenvalue weighted by molar-refractivity contribution is 7.92. The molecule has 9 nitrogen and oxygen atoms in total. The van der Waals surface area contributed by atoms with Crippen molar-refractivity contribution in [2.24, 2.45) is 0 Å². The summed E-state index contributed by atoms with van der Waals surface area (Å²) in [5, 5.41) is 4.42. The average Bonchev–Trinajstić information content (AvgIpc) is 3.38. The molecule has 1 fully saturated rings. The molecular weight excluding hydrogens is 605 g/mol. The standard InChI is InChI=1S/C28H30ClN5O4S2.ClH/c1-19-7-9-20(10-8-19)40(36,37)32-23-6-4-3-5-21(23)27(35)30-13-14-33-15-17-34(18-16-33)28-31-25-24(39-28)12-11-22(29)26(25)38-2;/h3-12,32H,13-18H2,1-2H3,(H,30,35);1H. The zero-order chi connectivity index (χ0) is 28.3. The number of amides is 1. The molecule has 0 spiro atoms. The summed E-state index contributed by atoms with van der Waals surface area (Å²) in [6.45, 7) is 6.29. The number of aromatic nitrogens is 1. The van der Waals surface area contributed by atoms with Crippen LogP contribution in [0.5, 0.6) is 5.75 Å². The van der Waals surface area contributed by atoms with Crippen molar-refractivity contribution in [2.75, 3.05) is 56.0 Å². The molecule has 0 unspecified atom stereocenters. The van der Waals surface area contributed by atoms with Crippen LogP contribution in [-0.2, 0) is 10.0 Å². The number of para-hydroxylation sites is 1. The predicted octanol–water partition coefficient (Wildman–Crippen LogP) is 5.04. The van der Waals surface area contributed by atoms with Crippen LogP contribution >= 0.6 is 35.3 Å². The zero-order valence-electron chi connectivity index (χ0n) is 22.6. The fourth-order valence-corrected chi connectivity index (χ4v) is 6.87. The van der Waals surface area contributed by atoms with E-state index in [0.29, 0.717) is 23.9 Å². The Morgan fingerprint density at radius 3 is 2.46 bits per heavy atom. The molecule has 0 bridgehead atoms. The minimum atomic E-state index is -3.83. The SMILES string of the molecule is COc1c(Cl)ccc2sc(N3CCN(CCNC(=O)c4ccccc4NS(=O)(=O)c4ccc(C)cc4)CC3)nc12.Cl. The maximum absolute atomic E-state index is 13.0. The number of carbonyl (C=O) groups excluding carboxylic acids is 1. The van der Waals surface area contributed by atoms with Gasteiger partial charge < -0.3 is 15.0 Å². The molecule has 3 aromatic carbocycles. The Hall–Kier alpha value is -3.09. The summed E-state index contributed by atoms with van der Waals surface area (Å²) in [6, 6.07) is 17.0. The number of benzene rings is 3. The molecule has 5 rings (SSSR count). The van der Waals surface area contributed by atoms with Gasteiger partial charge in [-0.3, -0.25) is 14.4 Å². The van der Waals surface area contributed by atoms with E-state index >= 15 is 0 Å². The highest BCUT2D eigenvalue weighted by Gasteiger charge is 2.22. The highest BCUT2D eigenvalue weighted by atomic mass is 35.5. The Morgan fingerprint density at radius 2 is 1.76 bits per heavy atom. The first-order valence-corrected chi connectivity index (χ1v) is 15.5. The largest absolute Gasteiger partial charge is 0.493 e. The second-order valence-electron chi connectivity index (χ2n) is 9.47. The second-order valence-corrected chi connectivity index (χ2v) is 12.6. The van der Waals surface area contributed by atoms with Crippen LogP contribution in [-0.4, -0.2) is 70.6 Å². The summed E-state index contributed by atoms with van der Waals surface area (Å²) in [4.78, 5) is 22.4. The molecule has 2 N–H and O–H groups in total. The van der Waals surface area contributed by atoms with Crippen molar-refractivity contribution >= 4 is 72.3 Å². The number of anilines is 2. The Labute approximate surface area is 254 Å². The van der Waals surface area contributed by atoms with Crippen LogP contribution in [0.25, 0.3) is 10.2 Å². The van der Waals surface area contributed by atoms with Gasteiger partial charge in [-0.1, -0.05) is 52.8 Å². The van der Waals surface area contributed by atoms with Crippen molar-refractivity contribution in [1.29, 1.82) is 0 Å². The fraction of sp³-hybridized carbons (Fsp3) is 0.286. The van der Waals surface area contributed by atoms with E-state index < -0.39 is 10.0 Å². The number of sulfonamides is 1. The van der Waals surface area contributed by atoms with Crippen LogP contribution in [0.15, 0.2) is 65.6 Å². The van der Waals surface area contributed by atoms with Gasteiger partial charge in [0.2, 0.25) is 0 Å². The highest BCUT2D eigenvalue weighted by Crippen LogP contribution is 2.38. The summed E-state index contributed by atoms with van der Waals surface area (Å²) in [5.74, 6) is 0.267. The number of piperazine rings is 1. The third kappa shape index (κ3) is 7.04. The molecule has 2 heterocycles. The molecule has 0 aliphatic carbocycles. The van der Waals surface area contributed by atoms with Crippen LogP contribution in [0.3, 0.4) is 0 Å². The average molecular weight is 637 g/mol. The number of halogens is 2. The van der Waals surface area contributed by atoms with Crippen molar-refractivity contribution in [3.63, 3.8) is 0 Å². The van der Waals surface area contributed by atoms with E-state index in [-0.39, 0.29) is 34.5 Å². The Morgan fingerprint density at radius 1 is 1.05 bits per heavy atom. The summed E-state index contributed by atoms with van der Waals surface area (Å²) in [5.41, 5.74) is 2.25. The van der Waals surface area contributed by atoms with Crippen molar-refractivity contribution in [3.8, 4) is 5.75 Å². The number of hydrogen-bond donors (Lipinski definition) is 2. The van der Waals surface area contributed by atoms with Gasteiger partial charge in [0.05, 0.1) is 33.0 Å². The number of aryl methyl sites for hydroxylation is 1. The van der Waals surface area contributed by atoms with E-state index in [4.69, 9.17) is 21.3 Å². The lowest BCUT2D eigenvalue weighted by atomic mass is 10.1. The maximum Gasteiger partial charge on any atom is 0.261 e. The summed E-state index contributed by atoms with van der Waals surface area (Å²) in [6.07, 6.45) is 0. The van der Waals surface area contributed by atoms with E-state index in [1.807, 2.05) is 19.1 Å². The van der Waals surface area contributed by atoms with E-state index in [9.17, 15) is 13.2 Å². The number of methoxy groups -OCH3 is 1. The quantitative estimate of drug-likeness (QED) is 0.265. The number of nitrogens with zero attached hydrogens (tertiary/aromatic N) is 3. The van der Waals surface area contributed by atoms with Crippen molar-refractivity contribution in [3.05, 3.63) is 76.8 Å². The number of fused-ring (bicyclic) bond motifs is 1. The predicted molar refractivity (Wildman–Crippen MR) is 168 cm³/mol. The number of ether oxygens (including phenoxy) is 1. The number of rotatable bonds is 9. The van der Waals surface area contributed by atoms with Crippen molar-refractivity contribution < 1.29 is 17.9 Å². The van der Waals surface area contributed by atoms with Crippen molar-refractivity contribution in [2.45, 2.75) is 11.8 Å². The second kappa shape index (κ2) is 13.3. The van der Waals surface area contributed by atoms with Gasteiger partial charge in [-0.05, 0) is 43.3 Å². The molecule has 13 heteroatoms. The van der Waals surface area contributed by atoms with Crippen LogP contribution in [0, 0.1) is 6.92 Å². The Kier molecular flexibility index (Phi) is 9.98. The van der Waals surface area contributed by atoms with Crippen LogP contribution in [0.2, 0.25) is 5.02 Å². The lowest BCUT2D eigenvalue weighted by molar-refractivity contribution is 0.0948. The molecule has 0 atom stereocenters. The minimum Gasteiger partial charge on any atom is -0.493 e. The molecule has 0 saturated carbocycles. The van der Waals surface area contributed by atoms with Gasteiger partial charge in [-0.25, -0.2) is 13.4 Å². The number of thiazole rings is 1. The molecule has 218 valence electrons. The topological polar surface area (TPSA) is 104 Å². The monoisotopic (exact) mass is 635 g/mol. The molecule has 1 saturated heterocycles. The molecule has 1 aliphatic rings. The number of nitrogens with one attached hydrogen (secondary N) is 2. The molecule has 4 aromatic rings. The van der Waals surface area contributed by atoms with Gasteiger partial charge >= 0.3 is 0 Å². The first kappa shape index (κ1) is 30.9. The van der Waals surface area contributed by atoms with Gasteiger partial charge in [0.1, 0.15) is 5.52 Å². The Bertz CT molecular complexity index is 1620. The maximum atomic E-state index is 13.0. The fourth-order valence-electron chi connectivity index (χ4n) is 4.54. The first-order chi connectivity index (χ1) is 19.2. The van der Waals surface area contributed by atoms with Gasteiger partial charge in [0, 0.05) is 39.3 Å². The number of hydrogen-bond acceptors (Lipinski definition) is 8. The van der Waals surface area contributed by atoms with Gasteiger partial charge in [0.25, 0.3) is 15.9 Å². The Balaban J connectivity index is 0.00000387. The lowest BCUT2D eigenvalue weighted by Gasteiger charge is -2.34. The van der Waals surface area contributed by atoms with E-state index in [0.717, 1.165) is 47.1 Å². The van der Waals surface area contributed by atoms with Gasteiger partial charge in [-0.15, -0.1) is 12.4 Å². The third-order valence-corrected chi connectivity index (χ3v) is 9.52. The van der Waals surface area contributed by atoms with E-state index in [2.05, 4.69) is 19.8 Å². The zero-order valence-corrected chi connectivity index (χ0v) is 25.8. The summed E-state index contributed by atoms with van der Waals surface area (Å²) >= 11 is 7.87. The molecule has 1 amide bonds. The molecule has 1 aliphatic heterocycles. The molecule has 0 radical (unpaired) electrons. The summed E-state index contributed by atoms with van der Waals surface area (Å²) < 4.78 is 34.8. The first-order valence-electron chi connectivity index (χ1n) is 12.8. The van der Waals surface area contributed by atoms with Crippen molar-refractivity contribution in [1.82, 2.24) is 15.2 Å². The molecule has 41 heavy (non-hydrogen) atoms. The van der Waals surface area contributed by atoms with E-state index in [1.165, 1.54) is 0 Å². The summed E-state index contributed by atoms with van der Waals surface area (Å²) in [7, 11) is -2.23. The lowest BCUT2D eigenvalue weighted by Crippen LogP contribution is -2.48. The third-order valence-electron chi connectivity index (χ3n) is 6.76. The van der Waals surface area contributed by atoms with Gasteiger partial charge in [-0.2, -0.15) is 0 Å².